The molecule has 116 valence electrons. The molecule has 22 heavy (non-hydrogen) atoms. The van der Waals surface area contributed by atoms with Crippen molar-refractivity contribution in [3.8, 4) is 0 Å². The maximum absolute atomic E-state index is 12.6. The molecule has 2 aromatic rings. The molecule has 0 bridgehead atoms. The molecule has 4 rings (SSSR count). The van der Waals surface area contributed by atoms with Gasteiger partial charge >= 0.3 is 0 Å². The molecule has 1 aromatic heterocycles. The number of fused-ring (bicyclic) bond motifs is 1. The number of rotatable bonds is 4. The smallest absolute Gasteiger partial charge is 0.242 e. The van der Waals surface area contributed by atoms with Gasteiger partial charge in [0.1, 0.15) is 12.4 Å². The number of carbonyl (C=O) groups excluding carboxylic acids is 1. The maximum atomic E-state index is 12.6. The Labute approximate surface area is 129 Å². The number of aliphatic hydroxyl groups excluding tert-OH is 1. The van der Waals surface area contributed by atoms with Gasteiger partial charge in [-0.25, -0.2) is 4.98 Å². The van der Waals surface area contributed by atoms with E-state index >= 15 is 0 Å². The Bertz CT molecular complexity index is 705. The number of imidazole rings is 1. The highest BCUT2D eigenvalue weighted by Crippen LogP contribution is 2.40. The number of aromatic nitrogens is 2. The summed E-state index contributed by atoms with van der Waals surface area (Å²) in [5, 5.41) is 9.24. The minimum absolute atomic E-state index is 0.140. The van der Waals surface area contributed by atoms with E-state index < -0.39 is 0 Å². The van der Waals surface area contributed by atoms with Gasteiger partial charge in [-0.3, -0.25) is 4.79 Å². The number of likely N-dealkylation sites (tertiary alicyclic amines) is 1. The molecule has 2 aliphatic rings. The average molecular weight is 299 g/mol. The minimum Gasteiger partial charge on any atom is -0.396 e. The fraction of sp³-hybridized carbons (Fsp3) is 0.529. The first kappa shape index (κ1) is 13.8. The van der Waals surface area contributed by atoms with Gasteiger partial charge in [-0.05, 0) is 31.4 Å². The molecule has 1 aliphatic carbocycles. The Morgan fingerprint density at radius 2 is 2.09 bits per heavy atom. The quantitative estimate of drug-likeness (QED) is 0.936. The summed E-state index contributed by atoms with van der Waals surface area (Å²) in [6, 6.07) is 8.05. The molecule has 1 unspecified atom stereocenters. The number of aliphatic hydroxyl groups is 1. The van der Waals surface area contributed by atoms with E-state index in [1.54, 1.807) is 0 Å². The molecule has 0 spiro atoms. The van der Waals surface area contributed by atoms with Crippen LogP contribution in [0.4, 0.5) is 0 Å². The fourth-order valence-corrected chi connectivity index (χ4v) is 3.36. The summed E-state index contributed by atoms with van der Waals surface area (Å²) in [6.07, 6.45) is 3.25. The predicted molar refractivity (Wildman–Crippen MR) is 83.5 cm³/mol. The van der Waals surface area contributed by atoms with Crippen molar-refractivity contribution in [2.75, 3.05) is 19.7 Å². The fourth-order valence-electron chi connectivity index (χ4n) is 3.36. The van der Waals surface area contributed by atoms with Crippen LogP contribution in [0.3, 0.4) is 0 Å². The number of carbonyl (C=O) groups is 1. The van der Waals surface area contributed by atoms with Crippen LogP contribution in [-0.2, 0) is 11.3 Å². The van der Waals surface area contributed by atoms with Gasteiger partial charge in [0.15, 0.2) is 0 Å². The van der Waals surface area contributed by atoms with Crippen LogP contribution in [0.25, 0.3) is 11.0 Å². The molecule has 1 N–H and O–H groups in total. The second-order valence-corrected chi connectivity index (χ2v) is 6.50. The van der Waals surface area contributed by atoms with Crippen molar-refractivity contribution >= 4 is 16.9 Å². The van der Waals surface area contributed by atoms with Gasteiger partial charge in [-0.1, -0.05) is 12.1 Å². The van der Waals surface area contributed by atoms with E-state index in [2.05, 4.69) is 4.57 Å². The molecule has 5 heteroatoms. The topological polar surface area (TPSA) is 58.4 Å². The number of benzene rings is 1. The van der Waals surface area contributed by atoms with E-state index in [4.69, 9.17) is 4.98 Å². The Morgan fingerprint density at radius 1 is 1.27 bits per heavy atom. The lowest BCUT2D eigenvalue weighted by molar-refractivity contribution is -0.130. The lowest BCUT2D eigenvalue weighted by Crippen LogP contribution is -2.32. The monoisotopic (exact) mass is 299 g/mol. The highest BCUT2D eigenvalue weighted by atomic mass is 16.3. The molecular weight excluding hydrogens is 278 g/mol. The first-order valence-electron chi connectivity index (χ1n) is 8.10. The minimum atomic E-state index is 0.140. The number of amides is 1. The number of nitrogens with zero attached hydrogens (tertiary/aromatic N) is 3. The predicted octanol–water partition coefficient (Wildman–Crippen LogP) is 1.75. The van der Waals surface area contributed by atoms with Gasteiger partial charge in [0.2, 0.25) is 5.91 Å². The number of hydrogen-bond acceptors (Lipinski definition) is 3. The van der Waals surface area contributed by atoms with E-state index in [-0.39, 0.29) is 18.4 Å². The van der Waals surface area contributed by atoms with Crippen molar-refractivity contribution in [2.24, 2.45) is 5.92 Å². The third-order valence-electron chi connectivity index (χ3n) is 4.82. The van der Waals surface area contributed by atoms with Crippen molar-refractivity contribution in [3.05, 3.63) is 30.1 Å². The zero-order valence-corrected chi connectivity index (χ0v) is 12.6. The van der Waals surface area contributed by atoms with Crippen molar-refractivity contribution in [1.29, 1.82) is 0 Å². The largest absolute Gasteiger partial charge is 0.396 e. The Balaban J connectivity index is 1.60. The Kier molecular flexibility index (Phi) is 3.37. The van der Waals surface area contributed by atoms with Crippen LogP contribution in [0.1, 0.15) is 31.0 Å². The van der Waals surface area contributed by atoms with Crippen molar-refractivity contribution in [3.63, 3.8) is 0 Å². The molecule has 1 saturated carbocycles. The average Bonchev–Trinajstić information content (AvgIpc) is 3.16. The number of para-hydroxylation sites is 2. The molecular formula is C17H21N3O2. The van der Waals surface area contributed by atoms with Gasteiger partial charge in [-0.2, -0.15) is 0 Å². The molecule has 2 fully saturated rings. The van der Waals surface area contributed by atoms with Gasteiger partial charge < -0.3 is 14.6 Å². The molecule has 5 nitrogen and oxygen atoms in total. The molecule has 1 atom stereocenters. The molecule has 1 amide bonds. The van der Waals surface area contributed by atoms with Gasteiger partial charge in [0.05, 0.1) is 11.0 Å². The zero-order chi connectivity index (χ0) is 15.1. The first-order valence-corrected chi connectivity index (χ1v) is 8.10. The lowest BCUT2D eigenvalue weighted by atomic mass is 10.1. The lowest BCUT2D eigenvalue weighted by Gasteiger charge is -2.18. The van der Waals surface area contributed by atoms with E-state index in [0.717, 1.165) is 29.8 Å². The van der Waals surface area contributed by atoms with Crippen LogP contribution < -0.4 is 0 Å². The van der Waals surface area contributed by atoms with Crippen LogP contribution in [0.15, 0.2) is 24.3 Å². The van der Waals surface area contributed by atoms with Crippen LogP contribution in [0, 0.1) is 5.92 Å². The van der Waals surface area contributed by atoms with Gasteiger partial charge in [0.25, 0.3) is 0 Å². The summed E-state index contributed by atoms with van der Waals surface area (Å²) in [6.45, 7) is 1.98. The van der Waals surface area contributed by atoms with Crippen LogP contribution >= 0.6 is 0 Å². The highest BCUT2D eigenvalue weighted by molar-refractivity contribution is 5.81. The van der Waals surface area contributed by atoms with Crippen LogP contribution in [-0.4, -0.2) is 45.2 Å². The maximum Gasteiger partial charge on any atom is 0.242 e. The standard InChI is InChI=1S/C17H21N3O2/c21-11-12-7-8-19(9-12)16(22)10-20-15-4-2-1-3-14(15)18-17(20)13-5-6-13/h1-4,12-13,21H,5-11H2. The third-order valence-corrected chi connectivity index (χ3v) is 4.82. The SMILES string of the molecule is O=C(Cn1c(C2CC2)nc2ccccc21)N1CCC(CO)C1. The van der Waals surface area contributed by atoms with E-state index in [9.17, 15) is 9.90 Å². The van der Waals surface area contributed by atoms with Gasteiger partial charge in [0, 0.05) is 31.5 Å². The normalized spacial score (nSPS) is 21.7. The summed E-state index contributed by atoms with van der Waals surface area (Å²) in [4.78, 5) is 19.2. The first-order chi connectivity index (χ1) is 10.8. The van der Waals surface area contributed by atoms with E-state index in [1.807, 2.05) is 29.2 Å². The highest BCUT2D eigenvalue weighted by Gasteiger charge is 2.31. The van der Waals surface area contributed by atoms with Gasteiger partial charge in [-0.15, -0.1) is 0 Å². The Morgan fingerprint density at radius 3 is 2.82 bits per heavy atom. The summed E-state index contributed by atoms with van der Waals surface area (Å²) >= 11 is 0. The molecule has 2 heterocycles. The molecule has 0 radical (unpaired) electrons. The third kappa shape index (κ3) is 2.39. The van der Waals surface area contributed by atoms with E-state index in [0.29, 0.717) is 19.0 Å². The van der Waals surface area contributed by atoms with Crippen molar-refractivity contribution < 1.29 is 9.90 Å². The summed E-state index contributed by atoms with van der Waals surface area (Å²) in [7, 11) is 0. The molecule has 1 aliphatic heterocycles. The van der Waals surface area contributed by atoms with Crippen molar-refractivity contribution in [2.45, 2.75) is 31.7 Å². The molecule has 1 aromatic carbocycles. The van der Waals surface area contributed by atoms with Crippen LogP contribution in [0.2, 0.25) is 0 Å². The second kappa shape index (κ2) is 5.39. The summed E-state index contributed by atoms with van der Waals surface area (Å²) < 4.78 is 2.10. The summed E-state index contributed by atoms with van der Waals surface area (Å²) in [5.74, 6) is 1.96. The van der Waals surface area contributed by atoms with Crippen LogP contribution in [0.5, 0.6) is 0 Å². The second-order valence-electron chi connectivity index (χ2n) is 6.50. The summed E-state index contributed by atoms with van der Waals surface area (Å²) in [5.41, 5.74) is 2.03. The van der Waals surface area contributed by atoms with Crippen molar-refractivity contribution in [1.82, 2.24) is 14.5 Å². The number of hydrogen-bond donors (Lipinski definition) is 1. The zero-order valence-electron chi connectivity index (χ0n) is 12.6. The van der Waals surface area contributed by atoms with E-state index in [1.165, 1.54) is 12.8 Å². The molecule has 1 saturated heterocycles. The Hall–Kier alpha value is -1.88.